The van der Waals surface area contributed by atoms with Crippen molar-refractivity contribution in [2.75, 3.05) is 5.32 Å². The molecule has 4 aromatic rings. The third kappa shape index (κ3) is 3.04. The summed E-state index contributed by atoms with van der Waals surface area (Å²) in [6, 6.07) is 19.1. The Hall–Kier alpha value is -3.54. The van der Waals surface area contributed by atoms with Crippen LogP contribution in [-0.4, -0.2) is 25.9 Å². The van der Waals surface area contributed by atoms with Gasteiger partial charge < -0.3 is 5.32 Å². The second-order valence-corrected chi connectivity index (χ2v) is 5.86. The van der Waals surface area contributed by atoms with Gasteiger partial charge in [-0.1, -0.05) is 35.5 Å². The van der Waals surface area contributed by atoms with Crippen LogP contribution in [0, 0.1) is 0 Å². The number of rotatable bonds is 4. The number of carbonyl (C=O) groups excluding carboxylic acids is 1. The van der Waals surface area contributed by atoms with Crippen LogP contribution < -0.4 is 5.32 Å². The molecule has 0 aliphatic rings. The van der Waals surface area contributed by atoms with Gasteiger partial charge in [0.2, 0.25) is 0 Å². The molecule has 4 rings (SSSR count). The van der Waals surface area contributed by atoms with Crippen LogP contribution in [0.3, 0.4) is 0 Å². The number of benzene rings is 2. The lowest BCUT2D eigenvalue weighted by atomic mass is 10.1. The van der Waals surface area contributed by atoms with Crippen molar-refractivity contribution in [3.05, 3.63) is 72.4 Å². The van der Waals surface area contributed by atoms with Gasteiger partial charge in [-0.05, 0) is 42.8 Å². The second-order valence-electron chi connectivity index (χ2n) is 5.86. The summed E-state index contributed by atoms with van der Waals surface area (Å²) < 4.78 is 1.79. The van der Waals surface area contributed by atoms with E-state index in [4.69, 9.17) is 0 Å². The van der Waals surface area contributed by atoms with Crippen molar-refractivity contribution in [1.29, 1.82) is 0 Å². The van der Waals surface area contributed by atoms with Crippen molar-refractivity contribution in [3.63, 3.8) is 0 Å². The second kappa shape index (κ2) is 6.76. The highest BCUT2D eigenvalue weighted by molar-refractivity contribution is 6.05. The maximum Gasteiger partial charge on any atom is 0.256 e. The fraction of sp³-hybridized carbons (Fsp3) is 0.100. The Morgan fingerprint density at radius 1 is 1.04 bits per heavy atom. The number of aromatic nitrogens is 4. The average Bonchev–Trinajstić information content (AvgIpc) is 3.11. The lowest BCUT2D eigenvalue weighted by Gasteiger charge is -2.06. The molecule has 0 spiro atoms. The van der Waals surface area contributed by atoms with E-state index in [9.17, 15) is 4.79 Å². The zero-order valence-corrected chi connectivity index (χ0v) is 14.3. The summed E-state index contributed by atoms with van der Waals surface area (Å²) >= 11 is 0. The van der Waals surface area contributed by atoms with Crippen molar-refractivity contribution >= 4 is 22.8 Å². The zero-order valence-electron chi connectivity index (χ0n) is 14.3. The van der Waals surface area contributed by atoms with E-state index in [1.807, 2.05) is 49.4 Å². The summed E-state index contributed by atoms with van der Waals surface area (Å²) in [7, 11) is 0. The number of carbonyl (C=O) groups is 1. The van der Waals surface area contributed by atoms with Gasteiger partial charge in [-0.2, -0.15) is 0 Å². The summed E-state index contributed by atoms with van der Waals surface area (Å²) in [4.78, 5) is 16.8. The largest absolute Gasteiger partial charge is 0.307 e. The normalized spacial score (nSPS) is 10.8. The first-order chi connectivity index (χ1) is 12.7. The first-order valence-corrected chi connectivity index (χ1v) is 8.40. The van der Waals surface area contributed by atoms with Gasteiger partial charge >= 0.3 is 0 Å². The van der Waals surface area contributed by atoms with Crippen molar-refractivity contribution in [2.24, 2.45) is 0 Å². The van der Waals surface area contributed by atoms with Crippen LogP contribution in [0.2, 0.25) is 0 Å². The van der Waals surface area contributed by atoms with E-state index in [1.54, 1.807) is 29.1 Å². The van der Waals surface area contributed by atoms with Crippen molar-refractivity contribution < 1.29 is 4.79 Å². The Labute approximate surface area is 150 Å². The van der Waals surface area contributed by atoms with Gasteiger partial charge in [-0.15, -0.1) is 5.10 Å². The molecule has 0 fully saturated rings. The third-order valence-electron chi connectivity index (χ3n) is 4.19. The van der Waals surface area contributed by atoms with Gasteiger partial charge in [0.25, 0.3) is 5.91 Å². The molecule has 6 nitrogen and oxygen atoms in total. The molecule has 0 aliphatic heterocycles. The van der Waals surface area contributed by atoms with Crippen molar-refractivity contribution in [1.82, 2.24) is 20.0 Å². The molecule has 0 aliphatic carbocycles. The van der Waals surface area contributed by atoms with Crippen LogP contribution >= 0.6 is 0 Å². The molecule has 2 aromatic carbocycles. The molecule has 6 heteroatoms. The van der Waals surface area contributed by atoms with Crippen LogP contribution in [0.5, 0.6) is 0 Å². The highest BCUT2D eigenvalue weighted by Crippen LogP contribution is 2.20. The van der Waals surface area contributed by atoms with Gasteiger partial charge in [0.15, 0.2) is 0 Å². The Kier molecular flexibility index (Phi) is 4.15. The van der Waals surface area contributed by atoms with Gasteiger partial charge in [-0.3, -0.25) is 4.79 Å². The predicted molar refractivity (Wildman–Crippen MR) is 101 cm³/mol. The van der Waals surface area contributed by atoms with E-state index in [0.29, 0.717) is 16.9 Å². The molecule has 128 valence electrons. The molecular formula is C20H17N5O. The molecule has 2 heterocycles. The van der Waals surface area contributed by atoms with E-state index in [1.165, 1.54) is 0 Å². The van der Waals surface area contributed by atoms with Crippen LogP contribution in [0.25, 0.3) is 22.2 Å². The number of aryl methyl sites for hydroxylation is 1. The van der Waals surface area contributed by atoms with Crippen LogP contribution in [0.4, 0.5) is 5.82 Å². The van der Waals surface area contributed by atoms with E-state index >= 15 is 0 Å². The number of nitrogens with zero attached hydrogens (tertiary/aromatic N) is 4. The number of pyridine rings is 1. The van der Waals surface area contributed by atoms with Gasteiger partial charge in [0, 0.05) is 23.9 Å². The topological polar surface area (TPSA) is 72.7 Å². The molecule has 1 N–H and O–H groups in total. The summed E-state index contributed by atoms with van der Waals surface area (Å²) in [6.45, 7) is 2.74. The Morgan fingerprint density at radius 2 is 1.88 bits per heavy atom. The third-order valence-corrected chi connectivity index (χ3v) is 4.19. The maximum absolute atomic E-state index is 12.5. The van der Waals surface area contributed by atoms with E-state index in [-0.39, 0.29) is 5.91 Å². The fourth-order valence-electron chi connectivity index (χ4n) is 2.80. The molecule has 0 radical (unpaired) electrons. The van der Waals surface area contributed by atoms with Gasteiger partial charge in [0.1, 0.15) is 11.3 Å². The number of anilines is 1. The Bertz CT molecular complexity index is 1050. The molecule has 0 bridgehead atoms. The van der Waals surface area contributed by atoms with E-state index in [2.05, 4.69) is 20.6 Å². The Morgan fingerprint density at radius 3 is 2.62 bits per heavy atom. The number of amides is 1. The maximum atomic E-state index is 12.5. The van der Waals surface area contributed by atoms with E-state index < -0.39 is 0 Å². The van der Waals surface area contributed by atoms with Gasteiger partial charge in [-0.25, -0.2) is 9.67 Å². The first kappa shape index (κ1) is 16.0. The number of nitrogens with one attached hydrogen (secondary N) is 1. The average molecular weight is 343 g/mol. The molecule has 0 saturated carbocycles. The highest BCUT2D eigenvalue weighted by Gasteiger charge is 2.11. The van der Waals surface area contributed by atoms with Crippen molar-refractivity contribution in [3.8, 4) is 11.1 Å². The standard InChI is InChI=1S/C20H17N5O/c1-2-25-18-10-8-15(12-17(18)23-24-25)20(26)22-19-11-9-16(13-21-19)14-6-4-3-5-7-14/h3-13H,2H2,1H3,(H,21,22,26). The lowest BCUT2D eigenvalue weighted by molar-refractivity contribution is 0.102. The SMILES string of the molecule is CCn1nnc2cc(C(=O)Nc3ccc(-c4ccccc4)cn3)ccc21. The number of hydrogen-bond donors (Lipinski definition) is 1. The summed E-state index contributed by atoms with van der Waals surface area (Å²) in [5.74, 6) is 0.282. The van der Waals surface area contributed by atoms with Crippen LogP contribution in [0.1, 0.15) is 17.3 Å². The lowest BCUT2D eigenvalue weighted by Crippen LogP contribution is -2.12. The van der Waals surface area contributed by atoms with Crippen molar-refractivity contribution in [2.45, 2.75) is 13.5 Å². The molecular weight excluding hydrogens is 326 g/mol. The summed E-state index contributed by atoms with van der Waals surface area (Å²) in [5, 5.41) is 11.0. The zero-order chi connectivity index (χ0) is 17.9. The van der Waals surface area contributed by atoms with Crippen LogP contribution in [-0.2, 0) is 6.54 Å². The van der Waals surface area contributed by atoms with E-state index in [0.717, 1.165) is 23.2 Å². The molecule has 0 saturated heterocycles. The minimum absolute atomic E-state index is 0.224. The fourth-order valence-corrected chi connectivity index (χ4v) is 2.80. The summed E-state index contributed by atoms with van der Waals surface area (Å²) in [6.07, 6.45) is 1.75. The van der Waals surface area contributed by atoms with Gasteiger partial charge in [0.05, 0.1) is 5.52 Å². The number of fused-ring (bicyclic) bond motifs is 1. The molecule has 2 aromatic heterocycles. The summed E-state index contributed by atoms with van der Waals surface area (Å²) in [5.41, 5.74) is 4.22. The first-order valence-electron chi connectivity index (χ1n) is 8.40. The Balaban J connectivity index is 1.52. The highest BCUT2D eigenvalue weighted by atomic mass is 16.1. The number of hydrogen-bond acceptors (Lipinski definition) is 4. The minimum atomic E-state index is -0.224. The molecule has 1 amide bonds. The smallest absolute Gasteiger partial charge is 0.256 e. The predicted octanol–water partition coefficient (Wildman–Crippen LogP) is 3.77. The van der Waals surface area contributed by atoms with Crippen LogP contribution in [0.15, 0.2) is 66.9 Å². The molecule has 0 unspecified atom stereocenters. The molecule has 0 atom stereocenters. The monoisotopic (exact) mass is 343 g/mol. The quantitative estimate of drug-likeness (QED) is 0.612. The molecule has 26 heavy (non-hydrogen) atoms. The minimum Gasteiger partial charge on any atom is -0.307 e.